The SMILES string of the molecule is CC/C(C)=C/NC(=NC)N1CCC(c2nc(CCl)cs2)CC1. The summed E-state index contributed by atoms with van der Waals surface area (Å²) in [4.78, 5) is 11.3. The average molecular weight is 341 g/mol. The first-order valence-electron chi connectivity index (χ1n) is 7.82. The van der Waals surface area contributed by atoms with Crippen molar-refractivity contribution in [1.82, 2.24) is 15.2 Å². The maximum Gasteiger partial charge on any atom is 0.197 e. The minimum absolute atomic E-state index is 0.509. The van der Waals surface area contributed by atoms with Crippen LogP contribution in [0.3, 0.4) is 0 Å². The first-order valence-corrected chi connectivity index (χ1v) is 9.23. The predicted octanol–water partition coefficient (Wildman–Crippen LogP) is 3.95. The molecule has 22 heavy (non-hydrogen) atoms. The number of piperidine rings is 1. The number of hydrogen-bond donors (Lipinski definition) is 1. The number of thiazole rings is 1. The molecule has 1 aliphatic heterocycles. The van der Waals surface area contributed by atoms with Crippen LogP contribution >= 0.6 is 22.9 Å². The van der Waals surface area contributed by atoms with E-state index in [1.54, 1.807) is 11.3 Å². The van der Waals surface area contributed by atoms with Gasteiger partial charge in [0.15, 0.2) is 5.96 Å². The van der Waals surface area contributed by atoms with Crippen molar-refractivity contribution < 1.29 is 0 Å². The second-order valence-corrected chi connectivity index (χ2v) is 6.76. The molecular formula is C16H25ClN4S. The monoisotopic (exact) mass is 340 g/mol. The largest absolute Gasteiger partial charge is 0.343 e. The van der Waals surface area contributed by atoms with Crippen LogP contribution in [0, 0.1) is 0 Å². The lowest BCUT2D eigenvalue weighted by Gasteiger charge is -2.33. The van der Waals surface area contributed by atoms with Gasteiger partial charge in [0, 0.05) is 37.6 Å². The van der Waals surface area contributed by atoms with Gasteiger partial charge in [0.2, 0.25) is 0 Å². The molecule has 2 heterocycles. The van der Waals surface area contributed by atoms with Crippen LogP contribution in [0.25, 0.3) is 0 Å². The van der Waals surface area contributed by atoms with Crippen molar-refractivity contribution in [3.05, 3.63) is 27.9 Å². The molecule has 0 amide bonds. The number of aliphatic imine (C=N–C) groups is 1. The van der Waals surface area contributed by atoms with Crippen LogP contribution in [0.15, 0.2) is 22.1 Å². The van der Waals surface area contributed by atoms with E-state index in [2.05, 4.69) is 45.6 Å². The fourth-order valence-corrected chi connectivity index (χ4v) is 3.72. The zero-order valence-corrected chi connectivity index (χ0v) is 15.2. The zero-order valence-electron chi connectivity index (χ0n) is 13.6. The summed E-state index contributed by atoms with van der Waals surface area (Å²) in [5, 5.41) is 6.65. The van der Waals surface area contributed by atoms with Crippen molar-refractivity contribution in [3.63, 3.8) is 0 Å². The molecule has 0 aliphatic carbocycles. The first-order chi connectivity index (χ1) is 10.7. The summed E-state index contributed by atoms with van der Waals surface area (Å²) in [6.07, 6.45) is 5.35. The topological polar surface area (TPSA) is 40.5 Å². The van der Waals surface area contributed by atoms with Gasteiger partial charge in [-0.1, -0.05) is 12.5 Å². The Morgan fingerprint density at radius 2 is 2.27 bits per heavy atom. The zero-order chi connectivity index (χ0) is 15.9. The average Bonchev–Trinajstić information content (AvgIpc) is 3.04. The Hall–Kier alpha value is -1.07. The number of likely N-dealkylation sites (tertiary alicyclic amines) is 1. The molecule has 1 saturated heterocycles. The summed E-state index contributed by atoms with van der Waals surface area (Å²) in [7, 11) is 1.84. The molecule has 4 nitrogen and oxygen atoms in total. The van der Waals surface area contributed by atoms with E-state index in [1.165, 1.54) is 10.6 Å². The molecule has 1 fully saturated rings. The van der Waals surface area contributed by atoms with Crippen molar-refractivity contribution in [1.29, 1.82) is 0 Å². The highest BCUT2D eigenvalue weighted by Gasteiger charge is 2.24. The number of guanidine groups is 1. The Morgan fingerprint density at radius 3 is 2.82 bits per heavy atom. The summed E-state index contributed by atoms with van der Waals surface area (Å²) in [5.41, 5.74) is 2.33. The molecule has 1 N–H and O–H groups in total. The lowest BCUT2D eigenvalue weighted by Crippen LogP contribution is -2.43. The lowest BCUT2D eigenvalue weighted by molar-refractivity contribution is 0.306. The van der Waals surface area contributed by atoms with Gasteiger partial charge in [-0.15, -0.1) is 22.9 Å². The van der Waals surface area contributed by atoms with Crippen LogP contribution in [0.4, 0.5) is 0 Å². The van der Waals surface area contributed by atoms with Gasteiger partial charge >= 0.3 is 0 Å². The van der Waals surface area contributed by atoms with Gasteiger partial charge in [-0.25, -0.2) is 4.98 Å². The first kappa shape index (κ1) is 17.3. The van der Waals surface area contributed by atoms with Crippen molar-refractivity contribution in [2.75, 3.05) is 20.1 Å². The number of rotatable bonds is 4. The predicted molar refractivity (Wildman–Crippen MR) is 95.8 cm³/mol. The van der Waals surface area contributed by atoms with Crippen LogP contribution in [-0.4, -0.2) is 36.0 Å². The molecule has 0 atom stereocenters. The van der Waals surface area contributed by atoms with Gasteiger partial charge in [-0.2, -0.15) is 0 Å². The van der Waals surface area contributed by atoms with Gasteiger partial charge in [-0.05, 0) is 26.2 Å². The smallest absolute Gasteiger partial charge is 0.197 e. The van der Waals surface area contributed by atoms with Gasteiger partial charge in [0.05, 0.1) is 16.6 Å². The summed E-state index contributed by atoms with van der Waals surface area (Å²) in [5.74, 6) is 2.03. The van der Waals surface area contributed by atoms with Crippen molar-refractivity contribution >= 4 is 28.9 Å². The minimum Gasteiger partial charge on any atom is -0.343 e. The Morgan fingerprint density at radius 1 is 1.55 bits per heavy atom. The van der Waals surface area contributed by atoms with E-state index in [-0.39, 0.29) is 0 Å². The van der Waals surface area contributed by atoms with E-state index in [0.717, 1.165) is 44.0 Å². The number of allylic oxidation sites excluding steroid dienone is 1. The fraction of sp³-hybridized carbons (Fsp3) is 0.625. The maximum atomic E-state index is 5.84. The summed E-state index contributed by atoms with van der Waals surface area (Å²) in [6, 6.07) is 0. The number of nitrogens with zero attached hydrogens (tertiary/aromatic N) is 3. The minimum atomic E-state index is 0.509. The van der Waals surface area contributed by atoms with Crippen molar-refractivity contribution in [2.24, 2.45) is 4.99 Å². The Labute approximate surface area is 142 Å². The molecule has 6 heteroatoms. The van der Waals surface area contributed by atoms with Gasteiger partial charge in [0.25, 0.3) is 0 Å². The van der Waals surface area contributed by atoms with Crippen LogP contribution in [-0.2, 0) is 5.88 Å². The molecule has 0 bridgehead atoms. The van der Waals surface area contributed by atoms with Crippen molar-refractivity contribution in [2.45, 2.75) is 44.9 Å². The highest BCUT2D eigenvalue weighted by atomic mass is 35.5. The second kappa shape index (κ2) is 8.53. The summed E-state index contributed by atoms with van der Waals surface area (Å²) in [6.45, 7) is 6.31. The number of alkyl halides is 1. The number of nitrogens with one attached hydrogen (secondary N) is 1. The van der Waals surface area contributed by atoms with Crippen LogP contribution < -0.4 is 5.32 Å². The summed E-state index contributed by atoms with van der Waals surface area (Å²) < 4.78 is 0. The molecular weight excluding hydrogens is 316 g/mol. The van der Waals surface area contributed by atoms with E-state index in [1.807, 2.05) is 7.05 Å². The third kappa shape index (κ3) is 4.46. The Kier molecular flexibility index (Phi) is 6.70. The molecule has 122 valence electrons. The van der Waals surface area contributed by atoms with E-state index in [0.29, 0.717) is 11.8 Å². The maximum absolute atomic E-state index is 5.84. The standard InChI is InChI=1S/C16H25ClN4S/c1-4-12(2)10-19-16(18-3)21-7-5-13(6-8-21)15-20-14(9-17)11-22-15/h10-11,13H,4-9H2,1-3H3,(H,18,19)/b12-10+. The highest BCUT2D eigenvalue weighted by Crippen LogP contribution is 2.30. The third-order valence-corrected chi connectivity index (χ3v) is 5.40. The third-order valence-electron chi connectivity index (χ3n) is 4.07. The number of hydrogen-bond acceptors (Lipinski definition) is 3. The molecule has 0 spiro atoms. The van der Waals surface area contributed by atoms with Crippen molar-refractivity contribution in [3.8, 4) is 0 Å². The molecule has 0 saturated carbocycles. The van der Waals surface area contributed by atoms with Gasteiger partial charge < -0.3 is 10.2 Å². The van der Waals surface area contributed by atoms with Gasteiger partial charge in [0.1, 0.15) is 0 Å². The molecule has 2 rings (SSSR count). The molecule has 0 unspecified atom stereocenters. The molecule has 1 aromatic heterocycles. The van der Waals surface area contributed by atoms with E-state index in [4.69, 9.17) is 11.6 Å². The van der Waals surface area contributed by atoms with Crippen LogP contribution in [0.5, 0.6) is 0 Å². The van der Waals surface area contributed by atoms with Crippen LogP contribution in [0.1, 0.15) is 49.7 Å². The Bertz CT molecular complexity index is 530. The number of halogens is 1. The van der Waals surface area contributed by atoms with Crippen LogP contribution in [0.2, 0.25) is 0 Å². The number of aromatic nitrogens is 1. The normalized spacial score (nSPS) is 17.9. The quantitative estimate of drug-likeness (QED) is 0.512. The van der Waals surface area contributed by atoms with E-state index < -0.39 is 0 Å². The lowest BCUT2D eigenvalue weighted by atomic mass is 9.98. The molecule has 1 aliphatic rings. The van der Waals surface area contributed by atoms with E-state index in [9.17, 15) is 0 Å². The molecule has 1 aromatic rings. The Balaban J connectivity index is 1.90. The highest BCUT2D eigenvalue weighted by molar-refractivity contribution is 7.09. The second-order valence-electron chi connectivity index (χ2n) is 5.61. The van der Waals surface area contributed by atoms with Gasteiger partial charge in [-0.3, -0.25) is 4.99 Å². The molecule has 0 aromatic carbocycles. The fourth-order valence-electron chi connectivity index (χ4n) is 2.50. The summed E-state index contributed by atoms with van der Waals surface area (Å²) >= 11 is 7.59. The van der Waals surface area contributed by atoms with E-state index >= 15 is 0 Å². The molecule has 0 radical (unpaired) electrons.